The summed E-state index contributed by atoms with van der Waals surface area (Å²) in [5.41, 5.74) is 5.37. The van der Waals surface area contributed by atoms with E-state index in [1.807, 2.05) is 48.5 Å². The maximum absolute atomic E-state index is 12.3. The predicted molar refractivity (Wildman–Crippen MR) is 119 cm³/mol. The lowest BCUT2D eigenvalue weighted by Crippen LogP contribution is -2.17. The van der Waals surface area contributed by atoms with E-state index in [0.29, 0.717) is 18.0 Å². The van der Waals surface area contributed by atoms with Gasteiger partial charge in [0, 0.05) is 5.56 Å². The molecule has 3 aromatic carbocycles. The minimum atomic E-state index is -0.353. The van der Waals surface area contributed by atoms with Crippen molar-refractivity contribution in [3.63, 3.8) is 0 Å². The largest absolute Gasteiger partial charge is 0.494 e. The van der Waals surface area contributed by atoms with Gasteiger partial charge in [0.1, 0.15) is 11.4 Å². The second-order valence-electron chi connectivity index (χ2n) is 6.85. The molecule has 0 aliphatic rings. The Labute approximate surface area is 174 Å². The van der Waals surface area contributed by atoms with E-state index in [-0.39, 0.29) is 5.91 Å². The fourth-order valence-electron chi connectivity index (χ4n) is 3.03. The van der Waals surface area contributed by atoms with Crippen molar-refractivity contribution in [2.45, 2.75) is 13.3 Å². The Balaban J connectivity index is 1.39. The summed E-state index contributed by atoms with van der Waals surface area (Å²) in [6.45, 7) is 2.75. The van der Waals surface area contributed by atoms with Gasteiger partial charge in [-0.05, 0) is 59.2 Å². The molecule has 1 heterocycles. The third kappa shape index (κ3) is 4.55. The van der Waals surface area contributed by atoms with Gasteiger partial charge in [-0.25, -0.2) is 5.43 Å². The predicted octanol–water partition coefficient (Wildman–Crippen LogP) is 4.78. The third-order valence-corrected chi connectivity index (χ3v) is 4.60. The van der Waals surface area contributed by atoms with Crippen LogP contribution < -0.4 is 10.2 Å². The molecule has 0 fully saturated rings. The Morgan fingerprint density at radius 2 is 1.87 bits per heavy atom. The highest BCUT2D eigenvalue weighted by Gasteiger charge is 2.10. The minimum absolute atomic E-state index is 0.346. The summed E-state index contributed by atoms with van der Waals surface area (Å²) < 4.78 is 5.55. The molecule has 4 aromatic rings. The number of hydrazone groups is 1. The maximum Gasteiger partial charge on any atom is 0.289 e. The standard InChI is InChI=1S/C24H22N4O2/c1-2-13-30-21-11-7-17(8-12-21)16-25-28-24(29)23-15-22(26-27-23)20-10-9-18-5-3-4-6-19(18)14-20/h3-12,14-16H,2,13H2,1H3,(H,26,27)(H,28,29)/b25-16+. The summed E-state index contributed by atoms with van der Waals surface area (Å²) in [6, 6.07) is 23.5. The molecule has 6 nitrogen and oxygen atoms in total. The molecule has 0 saturated heterocycles. The zero-order valence-corrected chi connectivity index (χ0v) is 16.6. The molecule has 0 spiro atoms. The Morgan fingerprint density at radius 3 is 2.67 bits per heavy atom. The van der Waals surface area contributed by atoms with Gasteiger partial charge in [0.2, 0.25) is 0 Å². The highest BCUT2D eigenvalue weighted by molar-refractivity contribution is 5.94. The number of hydrogen-bond donors (Lipinski definition) is 2. The van der Waals surface area contributed by atoms with E-state index < -0.39 is 0 Å². The molecule has 4 rings (SSSR count). The van der Waals surface area contributed by atoms with Crippen LogP contribution in [0.5, 0.6) is 5.75 Å². The highest BCUT2D eigenvalue weighted by atomic mass is 16.5. The van der Waals surface area contributed by atoms with E-state index in [9.17, 15) is 4.79 Å². The monoisotopic (exact) mass is 398 g/mol. The molecule has 0 atom stereocenters. The van der Waals surface area contributed by atoms with Crippen LogP contribution in [0.4, 0.5) is 0 Å². The number of carbonyl (C=O) groups is 1. The molecule has 0 aliphatic heterocycles. The van der Waals surface area contributed by atoms with Crippen LogP contribution in [0.2, 0.25) is 0 Å². The lowest BCUT2D eigenvalue weighted by molar-refractivity contribution is 0.0950. The van der Waals surface area contributed by atoms with Crippen molar-refractivity contribution in [2.24, 2.45) is 5.10 Å². The molecule has 0 aliphatic carbocycles. The third-order valence-electron chi connectivity index (χ3n) is 4.60. The number of nitrogens with one attached hydrogen (secondary N) is 2. The van der Waals surface area contributed by atoms with E-state index in [1.165, 1.54) is 0 Å². The van der Waals surface area contributed by atoms with E-state index >= 15 is 0 Å². The van der Waals surface area contributed by atoms with Crippen LogP contribution in [0.25, 0.3) is 22.0 Å². The van der Waals surface area contributed by atoms with Crippen LogP contribution >= 0.6 is 0 Å². The van der Waals surface area contributed by atoms with E-state index in [4.69, 9.17) is 4.74 Å². The van der Waals surface area contributed by atoms with Crippen LogP contribution in [0, 0.1) is 0 Å². The van der Waals surface area contributed by atoms with Crippen molar-refractivity contribution in [2.75, 3.05) is 6.61 Å². The molecule has 0 saturated carbocycles. The van der Waals surface area contributed by atoms with Crippen molar-refractivity contribution in [1.82, 2.24) is 15.6 Å². The molecule has 30 heavy (non-hydrogen) atoms. The first kappa shape index (κ1) is 19.4. The molecule has 1 aromatic heterocycles. The number of hydrogen-bond acceptors (Lipinski definition) is 4. The van der Waals surface area contributed by atoms with Crippen molar-refractivity contribution in [3.05, 3.63) is 84.1 Å². The first-order chi connectivity index (χ1) is 14.7. The highest BCUT2D eigenvalue weighted by Crippen LogP contribution is 2.23. The summed E-state index contributed by atoms with van der Waals surface area (Å²) in [6.07, 6.45) is 2.55. The van der Waals surface area contributed by atoms with Crippen molar-refractivity contribution >= 4 is 22.9 Å². The van der Waals surface area contributed by atoms with Gasteiger partial charge in [0.15, 0.2) is 0 Å². The molecular weight excluding hydrogens is 376 g/mol. The van der Waals surface area contributed by atoms with Crippen molar-refractivity contribution < 1.29 is 9.53 Å². The van der Waals surface area contributed by atoms with Crippen LogP contribution in [0.15, 0.2) is 77.9 Å². The average molecular weight is 398 g/mol. The van der Waals surface area contributed by atoms with Crippen LogP contribution in [-0.4, -0.2) is 28.9 Å². The number of nitrogens with zero attached hydrogens (tertiary/aromatic N) is 2. The summed E-state index contributed by atoms with van der Waals surface area (Å²) in [4.78, 5) is 12.3. The van der Waals surface area contributed by atoms with Crippen LogP contribution in [-0.2, 0) is 0 Å². The topological polar surface area (TPSA) is 79.4 Å². The second kappa shape index (κ2) is 9.05. The van der Waals surface area contributed by atoms with E-state index in [0.717, 1.165) is 34.1 Å². The molecule has 0 radical (unpaired) electrons. The lowest BCUT2D eigenvalue weighted by Gasteiger charge is -2.03. The Morgan fingerprint density at radius 1 is 1.07 bits per heavy atom. The molecule has 2 N–H and O–H groups in total. The average Bonchev–Trinajstić information content (AvgIpc) is 3.29. The summed E-state index contributed by atoms with van der Waals surface area (Å²) in [5, 5.41) is 13.3. The second-order valence-corrected chi connectivity index (χ2v) is 6.85. The Hall–Kier alpha value is -3.93. The van der Waals surface area contributed by atoms with Gasteiger partial charge in [0.25, 0.3) is 5.91 Å². The van der Waals surface area contributed by atoms with Crippen LogP contribution in [0.3, 0.4) is 0 Å². The molecule has 0 bridgehead atoms. The lowest BCUT2D eigenvalue weighted by atomic mass is 10.1. The van der Waals surface area contributed by atoms with Crippen LogP contribution in [0.1, 0.15) is 29.4 Å². The maximum atomic E-state index is 12.3. The Bertz CT molecular complexity index is 1180. The fourth-order valence-corrected chi connectivity index (χ4v) is 3.03. The van der Waals surface area contributed by atoms with E-state index in [1.54, 1.807) is 12.3 Å². The van der Waals surface area contributed by atoms with Gasteiger partial charge < -0.3 is 4.74 Å². The number of amides is 1. The van der Waals surface area contributed by atoms with Gasteiger partial charge in [-0.3, -0.25) is 9.89 Å². The van der Waals surface area contributed by atoms with E-state index in [2.05, 4.69) is 45.8 Å². The zero-order valence-electron chi connectivity index (χ0n) is 16.6. The van der Waals surface area contributed by atoms with Crippen molar-refractivity contribution in [3.8, 4) is 17.0 Å². The number of benzene rings is 3. The number of ether oxygens (including phenoxy) is 1. The number of carbonyl (C=O) groups excluding carboxylic acids is 1. The van der Waals surface area contributed by atoms with Gasteiger partial charge in [-0.15, -0.1) is 0 Å². The number of fused-ring (bicyclic) bond motifs is 1. The number of aromatic amines is 1. The van der Waals surface area contributed by atoms with Gasteiger partial charge in [0.05, 0.1) is 18.5 Å². The minimum Gasteiger partial charge on any atom is -0.494 e. The molecule has 0 unspecified atom stereocenters. The smallest absolute Gasteiger partial charge is 0.289 e. The SMILES string of the molecule is CCCOc1ccc(/C=N/NC(=O)c2cc(-c3ccc4ccccc4c3)n[nH]2)cc1. The summed E-state index contributed by atoms with van der Waals surface area (Å²) >= 11 is 0. The van der Waals surface area contributed by atoms with Gasteiger partial charge in [-0.2, -0.15) is 10.2 Å². The molecular formula is C24H22N4O2. The summed E-state index contributed by atoms with van der Waals surface area (Å²) in [5.74, 6) is 0.463. The first-order valence-electron chi connectivity index (χ1n) is 9.84. The normalized spacial score (nSPS) is 11.1. The number of aromatic nitrogens is 2. The number of H-pyrrole nitrogens is 1. The van der Waals surface area contributed by atoms with Gasteiger partial charge in [-0.1, -0.05) is 43.3 Å². The summed E-state index contributed by atoms with van der Waals surface area (Å²) in [7, 11) is 0. The molecule has 6 heteroatoms. The first-order valence-corrected chi connectivity index (χ1v) is 9.84. The molecule has 1 amide bonds. The zero-order chi connectivity index (χ0) is 20.8. The number of rotatable bonds is 7. The van der Waals surface area contributed by atoms with Gasteiger partial charge >= 0.3 is 0 Å². The fraction of sp³-hybridized carbons (Fsp3) is 0.125. The molecule has 150 valence electrons. The van der Waals surface area contributed by atoms with Crippen molar-refractivity contribution in [1.29, 1.82) is 0 Å². The Kier molecular flexibility index (Phi) is 5.85. The quantitative estimate of drug-likeness (QED) is 0.347.